The molecular weight excluding hydrogens is 652 g/mol. The Kier molecular flexibility index (Phi) is 8.57. The number of carbonyl (C=O) groups excluding carboxylic acids is 2. The predicted molar refractivity (Wildman–Crippen MR) is 160 cm³/mol. The minimum Gasteiger partial charge on any atom is -0.490 e. The van der Waals surface area contributed by atoms with E-state index in [1.165, 1.54) is 36.8 Å². The van der Waals surface area contributed by atoms with E-state index in [0.29, 0.717) is 11.9 Å². The molecule has 20 heteroatoms. The maximum absolute atomic E-state index is 15.0. The number of carboxylic acids is 2. The van der Waals surface area contributed by atoms with Gasteiger partial charge in [-0.25, -0.2) is 23.4 Å². The van der Waals surface area contributed by atoms with Crippen molar-refractivity contribution in [1.29, 1.82) is 0 Å². The van der Waals surface area contributed by atoms with Gasteiger partial charge in [0.05, 0.1) is 29.1 Å². The fraction of sp³-hybridized carbons (Fsp3) is 0.0690. The second-order valence-corrected chi connectivity index (χ2v) is 9.93. The Morgan fingerprint density at radius 1 is 0.816 bits per heavy atom. The molecule has 0 radical (unpaired) electrons. The number of hydrogen-bond donors (Lipinski definition) is 4. The quantitative estimate of drug-likeness (QED) is 0.155. The fourth-order valence-electron chi connectivity index (χ4n) is 4.43. The molecule has 0 aliphatic heterocycles. The minimum absolute atomic E-state index is 0.114. The van der Waals surface area contributed by atoms with Crippen molar-refractivity contribution in [3.8, 4) is 11.6 Å². The zero-order valence-corrected chi connectivity index (χ0v) is 24.5. The first-order valence-corrected chi connectivity index (χ1v) is 13.8. The Bertz CT molecular complexity index is 2240. The lowest BCUT2D eigenvalue weighted by atomic mass is 10.1. The first-order valence-electron chi connectivity index (χ1n) is 13.8. The number of ether oxygens (including phenoxy) is 1. The molecule has 0 saturated carbocycles. The van der Waals surface area contributed by atoms with Gasteiger partial charge in [0.2, 0.25) is 0 Å². The summed E-state index contributed by atoms with van der Waals surface area (Å²) in [6, 6.07) is 8.84. The second-order valence-electron chi connectivity index (χ2n) is 9.93. The van der Waals surface area contributed by atoms with E-state index in [0.717, 1.165) is 22.8 Å². The van der Waals surface area contributed by atoms with E-state index >= 15 is 4.39 Å². The molecule has 4 N–H and O–H groups in total. The minimum atomic E-state index is -1.53. The summed E-state index contributed by atoms with van der Waals surface area (Å²) in [5, 5.41) is 46.3. The van der Waals surface area contributed by atoms with Gasteiger partial charge in [0.1, 0.15) is 12.1 Å². The average molecular weight is 672 g/mol. The van der Waals surface area contributed by atoms with Crippen LogP contribution in [-0.2, 0) is 6.42 Å². The van der Waals surface area contributed by atoms with Crippen LogP contribution in [0.1, 0.15) is 47.3 Å². The molecule has 0 aliphatic carbocycles. The maximum atomic E-state index is 15.0. The first-order chi connectivity index (χ1) is 23.6. The predicted octanol–water partition coefficient (Wildman–Crippen LogP) is 2.30. The second kappa shape index (κ2) is 13.2. The van der Waals surface area contributed by atoms with Crippen LogP contribution in [0.4, 0.5) is 20.2 Å². The zero-order chi connectivity index (χ0) is 34.7. The van der Waals surface area contributed by atoms with Gasteiger partial charge in [-0.1, -0.05) is 0 Å². The molecule has 0 saturated heterocycles. The number of anilines is 2. The zero-order valence-electron chi connectivity index (χ0n) is 24.5. The van der Waals surface area contributed by atoms with E-state index in [9.17, 15) is 33.8 Å². The summed E-state index contributed by atoms with van der Waals surface area (Å²) < 4.78 is 37.8. The summed E-state index contributed by atoms with van der Waals surface area (Å²) >= 11 is 0. The summed E-state index contributed by atoms with van der Waals surface area (Å²) in [6.45, 7) is -0.407. The van der Waals surface area contributed by atoms with Crippen molar-refractivity contribution in [3.05, 3.63) is 107 Å². The molecule has 0 bridgehead atoms. The summed E-state index contributed by atoms with van der Waals surface area (Å²) in [7, 11) is 0. The van der Waals surface area contributed by atoms with Gasteiger partial charge in [-0.3, -0.25) is 14.2 Å². The fourth-order valence-corrected chi connectivity index (χ4v) is 4.43. The molecule has 2 amide bonds. The molecule has 0 aliphatic rings. The third-order valence-corrected chi connectivity index (χ3v) is 6.80. The van der Waals surface area contributed by atoms with Crippen LogP contribution in [0.15, 0.2) is 67.3 Å². The average Bonchev–Trinajstić information content (AvgIpc) is 3.79. The molecule has 4 heterocycles. The lowest BCUT2D eigenvalue weighted by Gasteiger charge is -2.14. The Morgan fingerprint density at radius 2 is 1.53 bits per heavy atom. The first kappa shape index (κ1) is 31.7. The number of amides is 2. The number of nitrogens with one attached hydrogen (secondary N) is 2. The maximum Gasteiger partial charge on any atom is 0.337 e. The van der Waals surface area contributed by atoms with Gasteiger partial charge in [0.25, 0.3) is 11.8 Å². The van der Waals surface area contributed by atoms with E-state index in [1.807, 2.05) is 0 Å². The molecule has 18 nitrogen and oxygen atoms in total. The van der Waals surface area contributed by atoms with Crippen LogP contribution < -0.4 is 15.4 Å². The van der Waals surface area contributed by atoms with Crippen molar-refractivity contribution < 1.29 is 42.9 Å². The third-order valence-electron chi connectivity index (χ3n) is 6.80. The van der Waals surface area contributed by atoms with Gasteiger partial charge in [-0.15, -0.1) is 25.0 Å². The number of fused-ring (bicyclic) bond motifs is 1. The number of carboxylic acid groups (broad SMARTS) is 2. The molecule has 6 rings (SSSR count). The summed E-state index contributed by atoms with van der Waals surface area (Å²) in [5.41, 5.74) is -1.98. The number of aromatic nitrogens is 9. The van der Waals surface area contributed by atoms with Crippen LogP contribution in [0, 0.1) is 11.6 Å². The number of imidazole rings is 1. The van der Waals surface area contributed by atoms with Crippen molar-refractivity contribution in [2.24, 2.45) is 0 Å². The molecule has 0 atom stereocenters. The normalized spacial score (nSPS) is 10.9. The molecule has 6 aromatic rings. The highest BCUT2D eigenvalue weighted by Crippen LogP contribution is 2.28. The number of aromatic carboxylic acids is 2. The number of nitrogens with zero attached hydrogens (tertiary/aromatic N) is 9. The van der Waals surface area contributed by atoms with Crippen molar-refractivity contribution >= 4 is 40.8 Å². The molecule has 4 aromatic heterocycles. The molecule has 49 heavy (non-hydrogen) atoms. The van der Waals surface area contributed by atoms with E-state index in [4.69, 9.17) is 4.74 Å². The standard InChI is InChI=1S/C29H19F2N11O7/c30-17-10-15(28(45)46)21(33-26(43)19-1-3-24(36-35-19)41-7-6-32-13-41)9-14(17)5-8-49-23-11-16(29(47)48)22(12-18(23)31)34-27(44)20-2-4-25-37-39-40-42(25)38-20/h1-4,6-7,9-13H,5,8H2,(H,33,43)(H,34,44)(H,45,46)(H,47,48). The summed E-state index contributed by atoms with van der Waals surface area (Å²) in [6.07, 6.45) is 4.34. The molecular formula is C29H19F2N11O7. The van der Waals surface area contributed by atoms with Crippen LogP contribution in [-0.4, -0.2) is 85.6 Å². The monoisotopic (exact) mass is 671 g/mol. The summed E-state index contributed by atoms with van der Waals surface area (Å²) in [5.74, 6) is -6.94. The summed E-state index contributed by atoms with van der Waals surface area (Å²) in [4.78, 5) is 53.2. The lowest BCUT2D eigenvalue weighted by molar-refractivity contribution is 0.0686. The van der Waals surface area contributed by atoms with Crippen LogP contribution in [0.5, 0.6) is 5.75 Å². The van der Waals surface area contributed by atoms with Crippen molar-refractivity contribution in [3.63, 3.8) is 0 Å². The number of benzene rings is 2. The third kappa shape index (κ3) is 6.82. The Hall–Kier alpha value is -7.25. The number of tetrazole rings is 1. The van der Waals surface area contributed by atoms with E-state index < -0.39 is 64.6 Å². The van der Waals surface area contributed by atoms with Gasteiger partial charge in [0.15, 0.2) is 34.4 Å². The molecule has 246 valence electrons. The van der Waals surface area contributed by atoms with Crippen molar-refractivity contribution in [1.82, 2.24) is 45.0 Å². The number of hydrogen-bond acceptors (Lipinski definition) is 12. The Labute approximate surface area is 271 Å². The Morgan fingerprint density at radius 3 is 2.22 bits per heavy atom. The van der Waals surface area contributed by atoms with Gasteiger partial charge in [0, 0.05) is 24.9 Å². The van der Waals surface area contributed by atoms with Crippen LogP contribution >= 0.6 is 0 Å². The highest BCUT2D eigenvalue weighted by molar-refractivity contribution is 6.07. The van der Waals surface area contributed by atoms with E-state index in [2.05, 4.69) is 46.4 Å². The largest absolute Gasteiger partial charge is 0.490 e. The van der Waals surface area contributed by atoms with Gasteiger partial charge in [-0.05, 0) is 58.5 Å². The lowest BCUT2D eigenvalue weighted by Crippen LogP contribution is -2.18. The van der Waals surface area contributed by atoms with Crippen LogP contribution in [0.25, 0.3) is 11.5 Å². The SMILES string of the molecule is O=C(Nc1cc(CCOc2cc(C(=O)O)c(NC(=O)c3ccc4nnnn4n3)cc2F)c(F)cc1C(=O)O)c1ccc(-n2ccnc2)nn1. The van der Waals surface area contributed by atoms with E-state index in [-0.39, 0.29) is 34.7 Å². The highest BCUT2D eigenvalue weighted by Gasteiger charge is 2.22. The topological polar surface area (TPSA) is 242 Å². The highest BCUT2D eigenvalue weighted by atomic mass is 19.1. The molecule has 0 spiro atoms. The van der Waals surface area contributed by atoms with Crippen molar-refractivity contribution in [2.45, 2.75) is 6.42 Å². The molecule has 2 aromatic carbocycles. The molecule has 0 fully saturated rings. The Balaban J connectivity index is 1.15. The van der Waals surface area contributed by atoms with Crippen LogP contribution in [0.3, 0.4) is 0 Å². The van der Waals surface area contributed by atoms with Gasteiger partial charge < -0.3 is 25.6 Å². The van der Waals surface area contributed by atoms with Gasteiger partial charge in [-0.2, -0.15) is 0 Å². The number of carbonyl (C=O) groups is 4. The van der Waals surface area contributed by atoms with Crippen molar-refractivity contribution in [2.75, 3.05) is 17.2 Å². The smallest absolute Gasteiger partial charge is 0.337 e. The number of halogens is 2. The van der Waals surface area contributed by atoms with E-state index in [1.54, 1.807) is 10.8 Å². The number of rotatable bonds is 11. The van der Waals surface area contributed by atoms with Gasteiger partial charge >= 0.3 is 11.9 Å². The molecule has 0 unspecified atom stereocenters. The van der Waals surface area contributed by atoms with Crippen LogP contribution in [0.2, 0.25) is 0 Å².